The molecule has 9 atom stereocenters. The highest BCUT2D eigenvalue weighted by Crippen LogP contribution is 2.67. The molecule has 0 aromatic rings. The van der Waals surface area contributed by atoms with E-state index in [1.165, 1.54) is 70.6 Å². The van der Waals surface area contributed by atoms with Crippen LogP contribution in [0.25, 0.3) is 0 Å². The monoisotopic (exact) mass is 680 g/mol. The number of rotatable bonds is 18. The summed E-state index contributed by atoms with van der Waals surface area (Å²) in [6.07, 6.45) is 14.7. The molecular formula is C37H61F5O3S. The Labute approximate surface area is 277 Å². The van der Waals surface area contributed by atoms with E-state index < -0.39 is 29.3 Å². The van der Waals surface area contributed by atoms with Crippen molar-refractivity contribution >= 4 is 16.6 Å². The van der Waals surface area contributed by atoms with Gasteiger partial charge in [-0.2, -0.15) is 22.0 Å². The molecule has 3 nitrogen and oxygen atoms in total. The largest absolute Gasteiger partial charge is 0.453 e. The Hall–Kier alpha value is -0.570. The van der Waals surface area contributed by atoms with Gasteiger partial charge in [-0.1, -0.05) is 84.5 Å². The molecule has 4 saturated carbocycles. The maximum absolute atomic E-state index is 12.9. The number of ketones is 1. The van der Waals surface area contributed by atoms with Crippen molar-refractivity contribution in [2.75, 3.05) is 11.5 Å². The van der Waals surface area contributed by atoms with Crippen LogP contribution in [0.2, 0.25) is 0 Å². The second kappa shape index (κ2) is 16.4. The van der Waals surface area contributed by atoms with Gasteiger partial charge in [-0.3, -0.25) is 9.00 Å². The summed E-state index contributed by atoms with van der Waals surface area (Å²) in [5.74, 6) is -0.652. The minimum absolute atomic E-state index is 0.0803. The minimum Gasteiger partial charge on any atom is -0.393 e. The van der Waals surface area contributed by atoms with Gasteiger partial charge in [-0.05, 0) is 91.8 Å². The molecule has 4 aliphatic carbocycles. The van der Waals surface area contributed by atoms with Gasteiger partial charge in [-0.15, -0.1) is 0 Å². The molecular weight excluding hydrogens is 619 g/mol. The number of aliphatic hydroxyl groups excluding tert-OH is 1. The van der Waals surface area contributed by atoms with E-state index in [0.717, 1.165) is 57.8 Å². The van der Waals surface area contributed by atoms with Crippen molar-refractivity contribution in [3.05, 3.63) is 0 Å². The van der Waals surface area contributed by atoms with Gasteiger partial charge in [0.2, 0.25) is 0 Å². The van der Waals surface area contributed by atoms with E-state index in [1.807, 2.05) is 0 Å². The first kappa shape index (κ1) is 38.2. The predicted molar refractivity (Wildman–Crippen MR) is 175 cm³/mol. The molecule has 4 rings (SSSR count). The lowest BCUT2D eigenvalue weighted by Gasteiger charge is -2.62. The molecule has 4 aliphatic rings. The van der Waals surface area contributed by atoms with Crippen LogP contribution in [-0.2, 0) is 15.6 Å². The molecule has 0 bridgehead atoms. The van der Waals surface area contributed by atoms with Crippen LogP contribution in [0.1, 0.15) is 155 Å². The fourth-order valence-corrected chi connectivity index (χ4v) is 11.6. The van der Waals surface area contributed by atoms with Gasteiger partial charge >= 0.3 is 12.1 Å². The Morgan fingerprint density at radius 1 is 0.761 bits per heavy atom. The summed E-state index contributed by atoms with van der Waals surface area (Å²) in [6, 6.07) is 0. The summed E-state index contributed by atoms with van der Waals surface area (Å²) >= 11 is 0. The number of fused-ring (bicyclic) bond motifs is 5. The van der Waals surface area contributed by atoms with Crippen molar-refractivity contribution in [2.45, 2.75) is 173 Å². The van der Waals surface area contributed by atoms with Crippen molar-refractivity contribution in [3.63, 3.8) is 0 Å². The Bertz CT molecular complexity index is 1000. The number of hydrogen-bond donors (Lipinski definition) is 1. The van der Waals surface area contributed by atoms with Gasteiger partial charge in [0, 0.05) is 41.6 Å². The van der Waals surface area contributed by atoms with E-state index in [9.17, 15) is 36.1 Å². The summed E-state index contributed by atoms with van der Waals surface area (Å²) in [5.41, 5.74) is 0.380. The molecule has 9 heteroatoms. The van der Waals surface area contributed by atoms with Gasteiger partial charge in [0.05, 0.1) is 6.10 Å². The SMILES string of the molecule is C[C@]12CC[C@H]3[C@@H]([C@H](CCCCCCCCCCCCCS(=O)CCCC(F)(F)C(F)(F)F)CC4CC(=O)CC[C@@]43C)[C@@H]1CC[C@@H]2O. The molecule has 0 radical (unpaired) electrons. The summed E-state index contributed by atoms with van der Waals surface area (Å²) in [7, 11) is -1.33. The molecule has 2 unspecified atom stereocenters. The Balaban J connectivity index is 1.06. The number of halogens is 5. The molecule has 0 heterocycles. The third kappa shape index (κ3) is 9.15. The van der Waals surface area contributed by atoms with Gasteiger partial charge in [0.25, 0.3) is 0 Å². The van der Waals surface area contributed by atoms with Crippen molar-refractivity contribution < 1.29 is 36.1 Å². The van der Waals surface area contributed by atoms with Gasteiger partial charge in [-0.25, -0.2) is 0 Å². The van der Waals surface area contributed by atoms with Gasteiger partial charge in [0.1, 0.15) is 5.78 Å². The lowest BCUT2D eigenvalue weighted by atomic mass is 9.42. The molecule has 4 fully saturated rings. The second-order valence-corrected chi connectivity index (χ2v) is 17.9. The lowest BCUT2D eigenvalue weighted by molar-refractivity contribution is -0.284. The normalized spacial score (nSPS) is 35.4. The molecule has 1 N–H and O–H groups in total. The van der Waals surface area contributed by atoms with Crippen molar-refractivity contribution in [1.29, 1.82) is 0 Å². The van der Waals surface area contributed by atoms with Crippen LogP contribution in [0.5, 0.6) is 0 Å². The highest BCUT2D eigenvalue weighted by atomic mass is 32.2. The maximum Gasteiger partial charge on any atom is 0.453 e. The summed E-state index contributed by atoms with van der Waals surface area (Å²) < 4.78 is 74.4. The lowest BCUT2D eigenvalue weighted by Crippen LogP contribution is -2.57. The van der Waals surface area contributed by atoms with Crippen LogP contribution in [0.15, 0.2) is 0 Å². The van der Waals surface area contributed by atoms with Gasteiger partial charge < -0.3 is 5.11 Å². The van der Waals surface area contributed by atoms with Crippen LogP contribution < -0.4 is 0 Å². The Kier molecular flexibility index (Phi) is 13.7. The number of carbonyl (C=O) groups is 1. The topological polar surface area (TPSA) is 54.4 Å². The predicted octanol–water partition coefficient (Wildman–Crippen LogP) is 10.6. The molecule has 0 aromatic carbocycles. The zero-order valence-corrected chi connectivity index (χ0v) is 29.3. The van der Waals surface area contributed by atoms with E-state index in [4.69, 9.17) is 0 Å². The maximum atomic E-state index is 12.9. The van der Waals surface area contributed by atoms with Crippen molar-refractivity contribution in [1.82, 2.24) is 0 Å². The first-order chi connectivity index (χ1) is 21.7. The fraction of sp³-hybridized carbons (Fsp3) is 0.973. The second-order valence-electron chi connectivity index (χ2n) is 16.2. The highest BCUT2D eigenvalue weighted by molar-refractivity contribution is 7.84. The van der Waals surface area contributed by atoms with E-state index in [2.05, 4.69) is 13.8 Å². The number of Topliss-reactive ketones (excluding diaryl/α,β-unsaturated/α-hetero) is 1. The van der Waals surface area contributed by atoms with E-state index in [1.54, 1.807) is 0 Å². The van der Waals surface area contributed by atoms with Crippen LogP contribution in [0.3, 0.4) is 0 Å². The molecule has 268 valence electrons. The van der Waals surface area contributed by atoms with Crippen LogP contribution in [-0.4, -0.2) is 44.8 Å². The summed E-state index contributed by atoms with van der Waals surface area (Å²) in [4.78, 5) is 12.5. The van der Waals surface area contributed by atoms with Gasteiger partial charge in [0.15, 0.2) is 0 Å². The average Bonchev–Trinajstić information content (AvgIpc) is 3.29. The number of hydrogen-bond acceptors (Lipinski definition) is 3. The molecule has 0 aliphatic heterocycles. The van der Waals surface area contributed by atoms with E-state index in [-0.39, 0.29) is 23.7 Å². The smallest absolute Gasteiger partial charge is 0.393 e. The average molecular weight is 681 g/mol. The van der Waals surface area contributed by atoms with Crippen molar-refractivity contribution in [3.8, 4) is 0 Å². The Morgan fingerprint density at radius 2 is 1.33 bits per heavy atom. The third-order valence-electron chi connectivity index (χ3n) is 13.3. The minimum atomic E-state index is -5.53. The molecule has 46 heavy (non-hydrogen) atoms. The summed E-state index contributed by atoms with van der Waals surface area (Å²) in [5, 5.41) is 11.0. The summed E-state index contributed by atoms with van der Waals surface area (Å²) in [6.45, 7) is 4.88. The molecule has 0 spiro atoms. The van der Waals surface area contributed by atoms with E-state index in [0.29, 0.717) is 46.5 Å². The Morgan fingerprint density at radius 3 is 1.96 bits per heavy atom. The number of unbranched alkanes of at least 4 members (excludes halogenated alkanes) is 10. The fourth-order valence-electron chi connectivity index (χ4n) is 10.4. The van der Waals surface area contributed by atoms with Crippen LogP contribution in [0, 0.1) is 40.4 Å². The zero-order chi connectivity index (χ0) is 33.6. The van der Waals surface area contributed by atoms with Crippen molar-refractivity contribution in [2.24, 2.45) is 40.4 Å². The quantitative estimate of drug-likeness (QED) is 0.116. The highest BCUT2D eigenvalue weighted by Gasteiger charge is 2.62. The molecule has 0 amide bonds. The number of alkyl halides is 5. The first-order valence-electron chi connectivity index (χ1n) is 18.7. The number of carbonyl (C=O) groups excluding carboxylic acids is 1. The molecule has 0 saturated heterocycles. The molecule has 0 aromatic heterocycles. The standard InChI is InChI=1S/C37H61F5O3S/c1-34-21-18-29(43)26-28(34)25-27(33-30-16-17-32(44)35(30,2)22-19-31(33)34)15-12-10-8-6-4-3-5-7-9-11-13-23-46(45)24-14-20-36(38,39)37(40,41)42/h27-28,30-33,44H,3-26H2,1-2H3/t27-,28?,30+,31+,32+,33+,34+,35+,46?/m1/s1. The van der Waals surface area contributed by atoms with E-state index >= 15 is 0 Å². The number of aliphatic hydroxyl groups is 1. The first-order valence-corrected chi connectivity index (χ1v) is 20.2. The van der Waals surface area contributed by atoms with Crippen LogP contribution >= 0.6 is 0 Å². The third-order valence-corrected chi connectivity index (χ3v) is 14.8. The van der Waals surface area contributed by atoms with Crippen LogP contribution in [0.4, 0.5) is 22.0 Å². The zero-order valence-electron chi connectivity index (χ0n) is 28.5.